The van der Waals surface area contributed by atoms with Gasteiger partial charge in [-0.25, -0.2) is 13.4 Å². The molecular formula is C19H19N3O3S3. The van der Waals surface area contributed by atoms with E-state index in [0.717, 1.165) is 0 Å². The summed E-state index contributed by atoms with van der Waals surface area (Å²) in [6.07, 6.45) is 2.42. The monoisotopic (exact) mass is 433 g/mol. The van der Waals surface area contributed by atoms with E-state index in [4.69, 9.17) is 11.1 Å². The summed E-state index contributed by atoms with van der Waals surface area (Å²) in [5.41, 5.74) is 6.89. The number of hydrogen-bond donors (Lipinski definition) is 2. The average Bonchev–Trinajstić information content (AvgIpc) is 3.14. The van der Waals surface area contributed by atoms with Crippen molar-refractivity contribution in [1.29, 1.82) is 5.41 Å². The second-order valence-corrected chi connectivity index (χ2v) is 9.52. The lowest BCUT2D eigenvalue weighted by atomic mass is 10.1. The van der Waals surface area contributed by atoms with Crippen LogP contribution in [0.5, 0.6) is 0 Å². The second kappa shape index (κ2) is 8.68. The van der Waals surface area contributed by atoms with Gasteiger partial charge in [0.2, 0.25) is 9.84 Å². The van der Waals surface area contributed by atoms with E-state index in [0.29, 0.717) is 26.6 Å². The summed E-state index contributed by atoms with van der Waals surface area (Å²) in [6, 6.07) is 12.8. The van der Waals surface area contributed by atoms with Crippen LogP contribution in [0.2, 0.25) is 0 Å². The number of amidine groups is 1. The van der Waals surface area contributed by atoms with Gasteiger partial charge in [0.25, 0.3) is 0 Å². The molecule has 28 heavy (non-hydrogen) atoms. The Kier molecular flexibility index (Phi) is 6.76. The van der Waals surface area contributed by atoms with E-state index < -0.39 is 9.84 Å². The molecule has 3 rings (SSSR count). The largest absolute Gasteiger partial charge is 0.383 e. The number of pyridine rings is 1. The third-order valence-electron chi connectivity index (χ3n) is 3.74. The van der Waals surface area contributed by atoms with Crippen molar-refractivity contribution in [3.63, 3.8) is 0 Å². The van der Waals surface area contributed by atoms with Crippen LogP contribution in [0, 0.1) is 5.41 Å². The van der Waals surface area contributed by atoms with E-state index in [1.165, 1.54) is 41.3 Å². The molecule has 1 aromatic carbocycles. The molecule has 0 saturated carbocycles. The van der Waals surface area contributed by atoms with Gasteiger partial charge in [0.05, 0.1) is 24.6 Å². The predicted molar refractivity (Wildman–Crippen MR) is 114 cm³/mol. The number of carbonyl (C=O) groups is 1. The highest BCUT2D eigenvalue weighted by Crippen LogP contribution is 2.37. The number of nitrogens with two attached hydrogens (primary N) is 1. The highest BCUT2D eigenvalue weighted by Gasteiger charge is 2.25. The number of sulfone groups is 1. The first-order valence-electron chi connectivity index (χ1n) is 7.67. The topological polar surface area (TPSA) is 114 Å². The van der Waals surface area contributed by atoms with Crippen molar-refractivity contribution in [2.24, 2.45) is 5.73 Å². The van der Waals surface area contributed by atoms with E-state index in [1.807, 2.05) is 0 Å². The molecule has 146 valence electrons. The van der Waals surface area contributed by atoms with Crippen LogP contribution >= 0.6 is 23.1 Å². The molecule has 0 aliphatic rings. The number of thioether (sulfide) groups is 1. The molecule has 0 spiro atoms. The van der Waals surface area contributed by atoms with E-state index >= 15 is 0 Å². The van der Waals surface area contributed by atoms with Crippen LogP contribution in [0.25, 0.3) is 11.3 Å². The third kappa shape index (κ3) is 4.16. The van der Waals surface area contributed by atoms with Crippen molar-refractivity contribution in [2.45, 2.75) is 21.4 Å². The molecule has 0 aliphatic carbocycles. The summed E-state index contributed by atoms with van der Waals surface area (Å²) in [4.78, 5) is 15.8. The molecule has 2 heterocycles. The molecule has 6 nitrogen and oxygen atoms in total. The number of aromatic nitrogens is 1. The Bertz CT molecular complexity index is 1140. The van der Waals surface area contributed by atoms with Gasteiger partial charge >= 0.3 is 0 Å². The van der Waals surface area contributed by atoms with Gasteiger partial charge in [0, 0.05) is 5.56 Å². The highest BCUT2D eigenvalue weighted by molar-refractivity contribution is 8.01. The first-order chi connectivity index (χ1) is 12.9. The SMILES string of the molecule is C.CSc1sc(C(=N)N)cc1S(=O)(=O)c1cccc(-c2cccc(C=O)n2)c1. The van der Waals surface area contributed by atoms with Gasteiger partial charge in [0.15, 0.2) is 6.29 Å². The molecule has 9 heteroatoms. The van der Waals surface area contributed by atoms with Crippen LogP contribution in [-0.2, 0) is 9.84 Å². The fourth-order valence-corrected chi connectivity index (χ4v) is 6.35. The number of nitrogen functional groups attached to an aromatic ring is 1. The maximum absolute atomic E-state index is 13.2. The quantitative estimate of drug-likeness (QED) is 0.262. The number of nitrogens with one attached hydrogen (secondary N) is 1. The van der Waals surface area contributed by atoms with E-state index in [2.05, 4.69) is 4.98 Å². The number of thiophene rings is 1. The minimum atomic E-state index is -3.80. The van der Waals surface area contributed by atoms with Gasteiger partial charge in [-0.2, -0.15) is 0 Å². The average molecular weight is 434 g/mol. The minimum absolute atomic E-state index is 0. The fourth-order valence-electron chi connectivity index (χ4n) is 2.45. The summed E-state index contributed by atoms with van der Waals surface area (Å²) >= 11 is 2.47. The molecule has 3 N–H and O–H groups in total. The number of benzene rings is 1. The normalized spacial score (nSPS) is 10.9. The van der Waals surface area contributed by atoms with Crippen molar-refractivity contribution < 1.29 is 13.2 Å². The third-order valence-corrected chi connectivity index (χ3v) is 8.08. The molecule has 0 fully saturated rings. The standard InChI is InChI=1S/C18H15N3O3S3.CH4/c1-25-18-16(9-15(26-18)17(19)20)27(23,24)13-6-2-4-11(8-13)14-7-3-5-12(10-22)21-14;/h2-10H,1H3,(H3,19,20);1H4. The van der Waals surface area contributed by atoms with E-state index in [1.54, 1.807) is 36.6 Å². The summed E-state index contributed by atoms with van der Waals surface area (Å²) in [7, 11) is -3.80. The van der Waals surface area contributed by atoms with Gasteiger partial charge in [0.1, 0.15) is 11.5 Å². The highest BCUT2D eigenvalue weighted by atomic mass is 32.2. The molecular weight excluding hydrogens is 414 g/mol. The van der Waals surface area contributed by atoms with Crippen molar-refractivity contribution in [2.75, 3.05) is 6.26 Å². The molecule has 0 amide bonds. The molecule has 0 unspecified atom stereocenters. The van der Waals surface area contributed by atoms with Crippen LogP contribution in [0.1, 0.15) is 22.8 Å². The van der Waals surface area contributed by atoms with Gasteiger partial charge in [-0.3, -0.25) is 10.2 Å². The van der Waals surface area contributed by atoms with E-state index in [-0.39, 0.29) is 28.7 Å². The van der Waals surface area contributed by atoms with Gasteiger partial charge < -0.3 is 5.73 Å². The Labute approximate surface area is 172 Å². The van der Waals surface area contributed by atoms with Crippen molar-refractivity contribution >= 4 is 45.1 Å². The van der Waals surface area contributed by atoms with Gasteiger partial charge in [-0.15, -0.1) is 23.1 Å². The van der Waals surface area contributed by atoms with Crippen LogP contribution < -0.4 is 5.73 Å². The molecule has 3 aromatic rings. The fraction of sp³-hybridized carbons (Fsp3) is 0.105. The lowest BCUT2D eigenvalue weighted by Crippen LogP contribution is -2.08. The summed E-state index contributed by atoms with van der Waals surface area (Å²) in [5, 5.41) is 7.56. The number of rotatable bonds is 6. The van der Waals surface area contributed by atoms with Crippen LogP contribution in [0.4, 0.5) is 0 Å². The minimum Gasteiger partial charge on any atom is -0.383 e. The maximum Gasteiger partial charge on any atom is 0.208 e. The van der Waals surface area contributed by atoms with Crippen molar-refractivity contribution in [3.8, 4) is 11.3 Å². The lowest BCUT2D eigenvalue weighted by molar-refractivity contribution is 0.111. The summed E-state index contributed by atoms with van der Waals surface area (Å²) < 4.78 is 26.9. The van der Waals surface area contributed by atoms with Crippen molar-refractivity contribution in [1.82, 2.24) is 4.98 Å². The summed E-state index contributed by atoms with van der Waals surface area (Å²) in [6.45, 7) is 0. The van der Waals surface area contributed by atoms with E-state index in [9.17, 15) is 13.2 Å². The smallest absolute Gasteiger partial charge is 0.208 e. The summed E-state index contributed by atoms with van der Waals surface area (Å²) in [5.74, 6) is -0.166. The molecule has 0 saturated heterocycles. The van der Waals surface area contributed by atoms with Crippen molar-refractivity contribution in [3.05, 3.63) is 59.1 Å². The second-order valence-electron chi connectivity index (χ2n) is 5.48. The molecule has 0 bridgehead atoms. The van der Waals surface area contributed by atoms with Crippen LogP contribution in [-0.4, -0.2) is 31.8 Å². The first kappa shape index (κ1) is 21.8. The first-order valence-corrected chi connectivity index (χ1v) is 11.2. The van der Waals surface area contributed by atoms with Crippen LogP contribution in [0.3, 0.4) is 0 Å². The molecule has 2 aromatic heterocycles. The number of aldehydes is 1. The Balaban J connectivity index is 0.00000280. The molecule has 0 radical (unpaired) electrons. The number of carbonyl (C=O) groups excluding carboxylic acids is 1. The Morgan fingerprint density at radius 3 is 2.57 bits per heavy atom. The maximum atomic E-state index is 13.2. The zero-order valence-electron chi connectivity index (χ0n) is 14.2. The lowest BCUT2D eigenvalue weighted by Gasteiger charge is -2.07. The molecule has 0 atom stereocenters. The predicted octanol–water partition coefficient (Wildman–Crippen LogP) is 4.10. The molecule has 0 aliphatic heterocycles. The zero-order chi connectivity index (χ0) is 19.6. The number of nitrogens with zero attached hydrogens (tertiary/aromatic N) is 1. The Morgan fingerprint density at radius 1 is 1.21 bits per heavy atom. The van der Waals surface area contributed by atoms with Crippen LogP contribution in [0.15, 0.2) is 62.5 Å². The zero-order valence-corrected chi connectivity index (χ0v) is 16.6. The Hall–Kier alpha value is -2.49. The van der Waals surface area contributed by atoms with Gasteiger partial charge in [-0.05, 0) is 36.6 Å². The Morgan fingerprint density at radius 2 is 1.93 bits per heavy atom. The number of hydrogen-bond acceptors (Lipinski definition) is 7. The van der Waals surface area contributed by atoms with Gasteiger partial charge in [-0.1, -0.05) is 25.6 Å².